The topological polar surface area (TPSA) is 55.1 Å². The van der Waals surface area contributed by atoms with Crippen molar-refractivity contribution in [1.29, 1.82) is 0 Å². The summed E-state index contributed by atoms with van der Waals surface area (Å²) in [7, 11) is 0. The maximum atomic E-state index is 11.6. The Balaban J connectivity index is 2.58. The molecule has 0 aliphatic carbocycles. The predicted octanol–water partition coefficient (Wildman–Crippen LogP) is 2.21. The molecule has 0 saturated carbocycles. The van der Waals surface area contributed by atoms with Gasteiger partial charge in [0.05, 0.1) is 0 Å². The molecule has 1 aromatic rings. The summed E-state index contributed by atoms with van der Waals surface area (Å²) in [5, 5.41) is 2.87. The number of hydrogen-bond donors (Lipinski definition) is 2. The number of nitrogens with two attached hydrogens (primary N) is 1. The molecule has 0 radical (unpaired) electrons. The molecular formula is C11H15IN2O. The molecule has 1 amide bonds. The summed E-state index contributed by atoms with van der Waals surface area (Å²) in [4.78, 5) is 11.6. The van der Waals surface area contributed by atoms with E-state index in [1.807, 2.05) is 31.2 Å². The van der Waals surface area contributed by atoms with Gasteiger partial charge in [-0.05, 0) is 53.8 Å². The van der Waals surface area contributed by atoms with E-state index in [0.717, 1.165) is 15.7 Å². The van der Waals surface area contributed by atoms with E-state index in [2.05, 4.69) is 27.9 Å². The molecule has 0 fully saturated rings. The van der Waals surface area contributed by atoms with Crippen LogP contribution >= 0.6 is 22.6 Å². The van der Waals surface area contributed by atoms with E-state index in [1.54, 1.807) is 0 Å². The van der Waals surface area contributed by atoms with Gasteiger partial charge in [-0.15, -0.1) is 0 Å². The molecule has 1 atom stereocenters. The second-order valence-electron chi connectivity index (χ2n) is 3.48. The van der Waals surface area contributed by atoms with Gasteiger partial charge in [-0.25, -0.2) is 0 Å². The van der Waals surface area contributed by atoms with E-state index < -0.39 is 0 Å². The van der Waals surface area contributed by atoms with E-state index in [-0.39, 0.29) is 11.8 Å². The van der Waals surface area contributed by atoms with Crippen LogP contribution in [0, 0.1) is 9.49 Å². The number of anilines is 1. The SMILES string of the molecule is CC(CCN)C(=O)Nc1cccc(I)c1. The largest absolute Gasteiger partial charge is 0.330 e. The first-order valence-electron chi connectivity index (χ1n) is 4.90. The Bertz CT molecular complexity index is 341. The van der Waals surface area contributed by atoms with Gasteiger partial charge in [0.1, 0.15) is 0 Å². The third kappa shape index (κ3) is 4.17. The van der Waals surface area contributed by atoms with Crippen LogP contribution in [-0.2, 0) is 4.79 Å². The molecule has 0 saturated heterocycles. The molecule has 1 aromatic carbocycles. The fourth-order valence-electron chi connectivity index (χ4n) is 1.21. The lowest BCUT2D eigenvalue weighted by atomic mass is 10.1. The Morgan fingerprint density at radius 2 is 2.33 bits per heavy atom. The molecule has 3 N–H and O–H groups in total. The van der Waals surface area contributed by atoms with E-state index in [4.69, 9.17) is 5.73 Å². The summed E-state index contributed by atoms with van der Waals surface area (Å²) in [5.41, 5.74) is 6.25. The van der Waals surface area contributed by atoms with Crippen LogP contribution in [0.1, 0.15) is 13.3 Å². The molecule has 0 aliphatic heterocycles. The molecule has 3 nitrogen and oxygen atoms in total. The van der Waals surface area contributed by atoms with Crippen LogP contribution in [0.25, 0.3) is 0 Å². The van der Waals surface area contributed by atoms with Crippen LogP contribution in [0.2, 0.25) is 0 Å². The summed E-state index contributed by atoms with van der Waals surface area (Å²) in [5.74, 6) is -0.00434. The third-order valence-corrected chi connectivity index (χ3v) is 2.81. The van der Waals surface area contributed by atoms with Crippen molar-refractivity contribution in [2.45, 2.75) is 13.3 Å². The first kappa shape index (κ1) is 12.4. The summed E-state index contributed by atoms with van der Waals surface area (Å²) in [6.07, 6.45) is 0.718. The molecule has 82 valence electrons. The second-order valence-corrected chi connectivity index (χ2v) is 4.72. The Morgan fingerprint density at radius 1 is 1.60 bits per heavy atom. The summed E-state index contributed by atoms with van der Waals surface area (Å²) < 4.78 is 1.11. The number of carbonyl (C=O) groups excluding carboxylic acids is 1. The van der Waals surface area contributed by atoms with Crippen molar-refractivity contribution < 1.29 is 4.79 Å². The van der Waals surface area contributed by atoms with E-state index in [0.29, 0.717) is 6.54 Å². The third-order valence-electron chi connectivity index (χ3n) is 2.14. The fourth-order valence-corrected chi connectivity index (χ4v) is 1.76. The Morgan fingerprint density at radius 3 is 2.93 bits per heavy atom. The van der Waals surface area contributed by atoms with Gasteiger partial charge in [0, 0.05) is 15.2 Å². The van der Waals surface area contributed by atoms with Gasteiger partial charge in [-0.3, -0.25) is 4.79 Å². The van der Waals surface area contributed by atoms with E-state index in [9.17, 15) is 4.79 Å². The molecule has 0 bridgehead atoms. The minimum absolute atomic E-state index is 0.0300. The van der Waals surface area contributed by atoms with Crippen LogP contribution in [0.4, 0.5) is 5.69 Å². The zero-order valence-corrected chi connectivity index (χ0v) is 10.8. The van der Waals surface area contributed by atoms with Crippen molar-refractivity contribution in [2.24, 2.45) is 11.7 Å². The number of benzene rings is 1. The van der Waals surface area contributed by atoms with Gasteiger partial charge in [-0.2, -0.15) is 0 Å². The molecule has 15 heavy (non-hydrogen) atoms. The Kier molecular flexibility index (Phi) is 5.04. The van der Waals surface area contributed by atoms with Gasteiger partial charge in [0.2, 0.25) is 5.91 Å². The fraction of sp³-hybridized carbons (Fsp3) is 0.364. The van der Waals surface area contributed by atoms with Gasteiger partial charge in [0.15, 0.2) is 0 Å². The first-order chi connectivity index (χ1) is 7.13. The van der Waals surface area contributed by atoms with Crippen molar-refractivity contribution in [1.82, 2.24) is 0 Å². The summed E-state index contributed by atoms with van der Waals surface area (Å²) >= 11 is 2.21. The molecule has 0 spiro atoms. The lowest BCUT2D eigenvalue weighted by molar-refractivity contribution is -0.119. The van der Waals surface area contributed by atoms with Gasteiger partial charge < -0.3 is 11.1 Å². The van der Waals surface area contributed by atoms with Crippen molar-refractivity contribution in [3.63, 3.8) is 0 Å². The molecule has 0 aliphatic rings. The van der Waals surface area contributed by atoms with Crippen molar-refractivity contribution in [2.75, 3.05) is 11.9 Å². The highest BCUT2D eigenvalue weighted by Gasteiger charge is 2.11. The Labute approximate surface area is 104 Å². The highest BCUT2D eigenvalue weighted by Crippen LogP contribution is 2.14. The zero-order valence-electron chi connectivity index (χ0n) is 8.66. The van der Waals surface area contributed by atoms with Gasteiger partial charge in [-0.1, -0.05) is 13.0 Å². The molecule has 1 unspecified atom stereocenters. The molecule has 0 aromatic heterocycles. The summed E-state index contributed by atoms with van der Waals surface area (Å²) in [6, 6.07) is 7.73. The van der Waals surface area contributed by atoms with Crippen molar-refractivity contribution >= 4 is 34.2 Å². The standard InChI is InChI=1S/C11H15IN2O/c1-8(5-6-13)11(15)14-10-4-2-3-9(12)7-10/h2-4,7-8H,5-6,13H2,1H3,(H,14,15). The maximum Gasteiger partial charge on any atom is 0.227 e. The van der Waals surface area contributed by atoms with Crippen LogP contribution in [-0.4, -0.2) is 12.5 Å². The number of hydrogen-bond acceptors (Lipinski definition) is 2. The monoisotopic (exact) mass is 318 g/mol. The van der Waals surface area contributed by atoms with E-state index in [1.165, 1.54) is 0 Å². The lowest BCUT2D eigenvalue weighted by Gasteiger charge is -2.11. The highest BCUT2D eigenvalue weighted by atomic mass is 127. The average molecular weight is 318 g/mol. The first-order valence-corrected chi connectivity index (χ1v) is 5.98. The van der Waals surface area contributed by atoms with Gasteiger partial charge >= 0.3 is 0 Å². The number of rotatable bonds is 4. The van der Waals surface area contributed by atoms with E-state index >= 15 is 0 Å². The van der Waals surface area contributed by atoms with Crippen LogP contribution in [0.3, 0.4) is 0 Å². The second kappa shape index (κ2) is 6.07. The minimum Gasteiger partial charge on any atom is -0.330 e. The zero-order chi connectivity index (χ0) is 11.3. The minimum atomic E-state index is -0.0344. The Hall–Kier alpha value is -0.620. The van der Waals surface area contributed by atoms with Crippen molar-refractivity contribution in [3.8, 4) is 0 Å². The van der Waals surface area contributed by atoms with Crippen LogP contribution < -0.4 is 11.1 Å². The molecule has 1 rings (SSSR count). The smallest absolute Gasteiger partial charge is 0.227 e. The number of carbonyl (C=O) groups is 1. The lowest BCUT2D eigenvalue weighted by Crippen LogP contribution is -2.22. The molecular weight excluding hydrogens is 303 g/mol. The molecule has 4 heteroatoms. The number of amides is 1. The van der Waals surface area contributed by atoms with Crippen LogP contribution in [0.5, 0.6) is 0 Å². The normalized spacial score (nSPS) is 12.2. The van der Waals surface area contributed by atoms with Gasteiger partial charge in [0.25, 0.3) is 0 Å². The number of nitrogens with one attached hydrogen (secondary N) is 1. The molecule has 0 heterocycles. The average Bonchev–Trinajstić information content (AvgIpc) is 2.18. The quantitative estimate of drug-likeness (QED) is 0.837. The number of halogens is 1. The summed E-state index contributed by atoms with van der Waals surface area (Å²) in [6.45, 7) is 2.43. The predicted molar refractivity (Wildman–Crippen MR) is 70.6 cm³/mol. The van der Waals surface area contributed by atoms with Crippen LogP contribution in [0.15, 0.2) is 24.3 Å². The highest BCUT2D eigenvalue weighted by molar-refractivity contribution is 14.1. The van der Waals surface area contributed by atoms with Crippen molar-refractivity contribution in [3.05, 3.63) is 27.8 Å². The maximum absolute atomic E-state index is 11.6.